The van der Waals surface area contributed by atoms with Gasteiger partial charge in [-0.3, -0.25) is 4.99 Å². The first-order valence-corrected chi connectivity index (χ1v) is 6.30. The highest BCUT2D eigenvalue weighted by molar-refractivity contribution is 8.14. The topological polar surface area (TPSA) is 12.4 Å². The second kappa shape index (κ2) is 5.06. The van der Waals surface area contributed by atoms with Crippen LogP contribution in [-0.2, 0) is 0 Å². The highest BCUT2D eigenvalue weighted by Gasteiger charge is 2.03. The number of aliphatic imine (C=N–C) groups is 1. The van der Waals surface area contributed by atoms with Crippen LogP contribution in [-0.4, -0.2) is 17.3 Å². The molecule has 0 bridgehead atoms. The van der Waals surface area contributed by atoms with Crippen molar-refractivity contribution in [3.05, 3.63) is 39.9 Å². The minimum absolute atomic E-state index is 0.657. The fourth-order valence-electron chi connectivity index (χ4n) is 1.25. The Hall–Kier alpha value is -0.440. The molecule has 0 atom stereocenters. The van der Waals surface area contributed by atoms with Crippen LogP contribution in [0.25, 0.3) is 6.08 Å². The van der Waals surface area contributed by atoms with Crippen molar-refractivity contribution < 1.29 is 0 Å². The quantitative estimate of drug-likeness (QED) is 0.776. The van der Waals surface area contributed by atoms with E-state index < -0.39 is 0 Å². The molecule has 0 spiro atoms. The van der Waals surface area contributed by atoms with Gasteiger partial charge in [-0.2, -0.15) is 0 Å². The molecule has 1 aliphatic heterocycles. The van der Waals surface area contributed by atoms with Crippen molar-refractivity contribution in [3.63, 3.8) is 0 Å². The predicted molar refractivity (Wildman–Crippen MR) is 70.3 cm³/mol. The fourth-order valence-corrected chi connectivity index (χ4v) is 2.46. The summed E-state index contributed by atoms with van der Waals surface area (Å²) in [5.41, 5.74) is 0.969. The summed E-state index contributed by atoms with van der Waals surface area (Å²) in [5, 5.41) is 2.40. The van der Waals surface area contributed by atoms with Gasteiger partial charge in [0.15, 0.2) is 0 Å². The maximum absolute atomic E-state index is 6.03. The minimum atomic E-state index is 0.657. The number of hydrogen-bond acceptors (Lipinski definition) is 2. The Labute approximate surface area is 103 Å². The Balaban J connectivity index is 2.16. The number of halogens is 2. The standard InChI is InChI=1S/C11H9Cl2NS/c12-9-3-1-8(10(13)7-9)2-4-11-14-5-6-15-11/h1-4,7H,5-6H2/b4-2-. The van der Waals surface area contributed by atoms with Crippen LogP contribution in [0.15, 0.2) is 29.3 Å². The molecule has 1 aliphatic rings. The van der Waals surface area contributed by atoms with Gasteiger partial charge in [-0.15, -0.1) is 11.8 Å². The molecule has 1 aromatic carbocycles. The Morgan fingerprint density at radius 2 is 2.13 bits per heavy atom. The van der Waals surface area contributed by atoms with Crippen LogP contribution in [0.2, 0.25) is 10.0 Å². The molecule has 78 valence electrons. The van der Waals surface area contributed by atoms with Gasteiger partial charge in [0, 0.05) is 22.3 Å². The van der Waals surface area contributed by atoms with Crippen molar-refractivity contribution >= 4 is 46.1 Å². The lowest BCUT2D eigenvalue weighted by molar-refractivity contribution is 1.18. The highest BCUT2D eigenvalue weighted by Crippen LogP contribution is 2.23. The number of thioether (sulfide) groups is 1. The van der Waals surface area contributed by atoms with Crippen molar-refractivity contribution in [2.75, 3.05) is 12.3 Å². The molecule has 0 saturated heterocycles. The van der Waals surface area contributed by atoms with Crippen molar-refractivity contribution in [2.24, 2.45) is 4.99 Å². The summed E-state index contributed by atoms with van der Waals surface area (Å²) in [5.74, 6) is 1.08. The van der Waals surface area contributed by atoms with Crippen molar-refractivity contribution in [3.8, 4) is 0 Å². The first-order valence-electron chi connectivity index (χ1n) is 4.56. The van der Waals surface area contributed by atoms with E-state index in [0.717, 1.165) is 22.9 Å². The summed E-state index contributed by atoms with van der Waals surface area (Å²) in [4.78, 5) is 4.32. The Bertz CT molecular complexity index is 427. The summed E-state index contributed by atoms with van der Waals surface area (Å²) < 4.78 is 0. The van der Waals surface area contributed by atoms with E-state index in [1.807, 2.05) is 24.3 Å². The first-order chi connectivity index (χ1) is 7.25. The molecule has 0 aromatic heterocycles. The Morgan fingerprint density at radius 1 is 1.27 bits per heavy atom. The summed E-state index contributed by atoms with van der Waals surface area (Å²) in [6, 6.07) is 5.48. The molecule has 1 heterocycles. The zero-order valence-electron chi connectivity index (χ0n) is 7.91. The van der Waals surface area contributed by atoms with Crippen LogP contribution >= 0.6 is 35.0 Å². The molecule has 2 rings (SSSR count). The lowest BCUT2D eigenvalue weighted by atomic mass is 10.2. The maximum atomic E-state index is 6.03. The van der Waals surface area contributed by atoms with Crippen LogP contribution in [0.4, 0.5) is 0 Å². The normalized spacial score (nSPS) is 16.0. The van der Waals surface area contributed by atoms with E-state index in [2.05, 4.69) is 4.99 Å². The summed E-state index contributed by atoms with van der Waals surface area (Å²) >= 11 is 13.6. The van der Waals surface area contributed by atoms with E-state index in [1.165, 1.54) is 0 Å². The fraction of sp³-hybridized carbons (Fsp3) is 0.182. The molecule has 4 heteroatoms. The molecule has 0 fully saturated rings. The smallest absolute Gasteiger partial charge is 0.0905 e. The van der Waals surface area contributed by atoms with Gasteiger partial charge in [0.1, 0.15) is 0 Å². The zero-order chi connectivity index (χ0) is 10.7. The summed E-state index contributed by atoms with van der Waals surface area (Å²) in [6.45, 7) is 0.915. The van der Waals surface area contributed by atoms with Gasteiger partial charge in [-0.1, -0.05) is 35.3 Å². The largest absolute Gasteiger partial charge is 0.278 e. The van der Waals surface area contributed by atoms with E-state index in [4.69, 9.17) is 23.2 Å². The van der Waals surface area contributed by atoms with Crippen molar-refractivity contribution in [2.45, 2.75) is 0 Å². The summed E-state index contributed by atoms with van der Waals surface area (Å²) in [7, 11) is 0. The van der Waals surface area contributed by atoms with Gasteiger partial charge in [0.25, 0.3) is 0 Å². The molecule has 0 saturated carbocycles. The van der Waals surface area contributed by atoms with Gasteiger partial charge >= 0.3 is 0 Å². The SMILES string of the molecule is Clc1ccc(/C=C\C2=NCCS2)c(Cl)c1. The van der Waals surface area contributed by atoms with Crippen LogP contribution in [0.1, 0.15) is 5.56 Å². The van der Waals surface area contributed by atoms with E-state index in [9.17, 15) is 0 Å². The van der Waals surface area contributed by atoms with Crippen molar-refractivity contribution in [1.29, 1.82) is 0 Å². The molecule has 1 nitrogen and oxygen atoms in total. The van der Waals surface area contributed by atoms with Gasteiger partial charge in [0.2, 0.25) is 0 Å². The molecule has 0 amide bonds. The predicted octanol–water partition coefficient (Wildman–Crippen LogP) is 4.15. The minimum Gasteiger partial charge on any atom is -0.278 e. The third kappa shape index (κ3) is 3.00. The number of rotatable bonds is 2. The molecular formula is C11H9Cl2NS. The van der Waals surface area contributed by atoms with E-state index in [1.54, 1.807) is 17.8 Å². The maximum Gasteiger partial charge on any atom is 0.0905 e. The molecule has 0 aliphatic carbocycles. The Kier molecular flexibility index (Phi) is 3.73. The molecule has 0 N–H and O–H groups in total. The lowest BCUT2D eigenvalue weighted by Crippen LogP contribution is -1.80. The van der Waals surface area contributed by atoms with Crippen LogP contribution in [0.5, 0.6) is 0 Å². The highest BCUT2D eigenvalue weighted by atomic mass is 35.5. The van der Waals surface area contributed by atoms with E-state index in [-0.39, 0.29) is 0 Å². The third-order valence-electron chi connectivity index (χ3n) is 1.98. The number of hydrogen-bond donors (Lipinski definition) is 0. The molecular weight excluding hydrogens is 249 g/mol. The second-order valence-electron chi connectivity index (χ2n) is 3.07. The molecule has 15 heavy (non-hydrogen) atoms. The van der Waals surface area contributed by atoms with Crippen LogP contribution < -0.4 is 0 Å². The molecule has 0 radical (unpaired) electrons. The average molecular weight is 258 g/mol. The number of benzene rings is 1. The van der Waals surface area contributed by atoms with Gasteiger partial charge in [0.05, 0.1) is 5.04 Å². The van der Waals surface area contributed by atoms with Crippen molar-refractivity contribution in [1.82, 2.24) is 0 Å². The number of nitrogens with zero attached hydrogens (tertiary/aromatic N) is 1. The zero-order valence-corrected chi connectivity index (χ0v) is 10.2. The van der Waals surface area contributed by atoms with E-state index >= 15 is 0 Å². The van der Waals surface area contributed by atoms with Gasteiger partial charge in [-0.25, -0.2) is 0 Å². The monoisotopic (exact) mass is 257 g/mol. The first kappa shape index (κ1) is 11.1. The second-order valence-corrected chi connectivity index (χ2v) is 5.03. The Morgan fingerprint density at radius 3 is 2.80 bits per heavy atom. The van der Waals surface area contributed by atoms with Gasteiger partial charge < -0.3 is 0 Å². The van der Waals surface area contributed by atoms with Crippen LogP contribution in [0, 0.1) is 0 Å². The summed E-state index contributed by atoms with van der Waals surface area (Å²) in [6.07, 6.45) is 3.96. The van der Waals surface area contributed by atoms with Crippen LogP contribution in [0.3, 0.4) is 0 Å². The van der Waals surface area contributed by atoms with Gasteiger partial charge in [-0.05, 0) is 23.8 Å². The molecule has 1 aromatic rings. The molecule has 0 unspecified atom stereocenters. The third-order valence-corrected chi connectivity index (χ3v) is 3.49. The average Bonchev–Trinajstić information content (AvgIpc) is 2.69. The lowest BCUT2D eigenvalue weighted by Gasteiger charge is -1.98. The van der Waals surface area contributed by atoms with E-state index in [0.29, 0.717) is 10.0 Å².